The fourth-order valence-electron chi connectivity index (χ4n) is 1.81. The molecule has 116 valence electrons. The molecule has 0 aliphatic heterocycles. The minimum absolute atomic E-state index is 0.156. The van der Waals surface area contributed by atoms with E-state index in [-0.39, 0.29) is 5.69 Å². The lowest BCUT2D eigenvalue weighted by Gasteiger charge is -2.13. The second-order valence-electron chi connectivity index (χ2n) is 5.67. The van der Waals surface area contributed by atoms with Gasteiger partial charge in [0.25, 0.3) is 11.2 Å². The monoisotopic (exact) mass is 307 g/mol. The zero-order chi connectivity index (χ0) is 16.7. The molecule has 22 heavy (non-hydrogen) atoms. The van der Waals surface area contributed by atoms with Crippen molar-refractivity contribution in [1.82, 2.24) is 4.74 Å². The van der Waals surface area contributed by atoms with Crippen molar-refractivity contribution in [3.8, 4) is 5.69 Å². The molecule has 0 N–H and O–H groups in total. The first kappa shape index (κ1) is 15.4. The summed E-state index contributed by atoms with van der Waals surface area (Å²) in [6.45, 7) is 5.46. The first-order chi connectivity index (χ1) is 10.1. The van der Waals surface area contributed by atoms with Crippen LogP contribution in [0.3, 0.4) is 0 Å². The van der Waals surface area contributed by atoms with Gasteiger partial charge in [-0.05, 0) is 6.07 Å². The van der Waals surface area contributed by atoms with Gasteiger partial charge in [0, 0.05) is 17.5 Å². The lowest BCUT2D eigenvalue weighted by atomic mass is 9.94. The highest BCUT2D eigenvalue weighted by atomic mass is 16.6. The van der Waals surface area contributed by atoms with Gasteiger partial charge >= 0.3 is 5.69 Å². The molecule has 9 nitrogen and oxygen atoms in total. The van der Waals surface area contributed by atoms with Crippen molar-refractivity contribution in [1.29, 1.82) is 0 Å². The SMILES string of the molecule is CC(C)(C)c1cc(=O)n(-c2ccc([N+](=O)[O-])cc2[N+](=O)[O-])o1. The Bertz CT molecular complexity index is 812. The maximum absolute atomic E-state index is 12.0. The summed E-state index contributed by atoms with van der Waals surface area (Å²) in [6.07, 6.45) is 0. The van der Waals surface area contributed by atoms with Gasteiger partial charge in [0.05, 0.1) is 15.9 Å². The van der Waals surface area contributed by atoms with Gasteiger partial charge in [-0.2, -0.15) is 0 Å². The number of hydrogen-bond acceptors (Lipinski definition) is 6. The largest absolute Gasteiger partial charge is 0.375 e. The molecule has 2 aromatic rings. The molecular weight excluding hydrogens is 294 g/mol. The van der Waals surface area contributed by atoms with Crippen LogP contribution in [0.15, 0.2) is 33.6 Å². The molecule has 0 aliphatic carbocycles. The number of hydrogen-bond donors (Lipinski definition) is 0. The molecule has 1 aromatic heterocycles. The number of nitrogens with zero attached hydrogens (tertiary/aromatic N) is 3. The van der Waals surface area contributed by atoms with Crippen LogP contribution in [-0.2, 0) is 5.41 Å². The van der Waals surface area contributed by atoms with E-state index in [1.165, 1.54) is 6.07 Å². The van der Waals surface area contributed by atoms with E-state index < -0.39 is 32.2 Å². The van der Waals surface area contributed by atoms with Crippen LogP contribution >= 0.6 is 0 Å². The fraction of sp³-hybridized carbons (Fsp3) is 0.308. The van der Waals surface area contributed by atoms with Crippen LogP contribution < -0.4 is 5.56 Å². The summed E-state index contributed by atoms with van der Waals surface area (Å²) >= 11 is 0. The maximum atomic E-state index is 12.0. The zero-order valence-electron chi connectivity index (χ0n) is 12.1. The molecule has 0 amide bonds. The molecule has 9 heteroatoms. The molecule has 1 aromatic carbocycles. The van der Waals surface area contributed by atoms with Crippen molar-refractivity contribution < 1.29 is 14.4 Å². The summed E-state index contributed by atoms with van der Waals surface area (Å²) in [7, 11) is 0. The van der Waals surface area contributed by atoms with E-state index in [1.807, 2.05) is 20.8 Å². The van der Waals surface area contributed by atoms with Gasteiger partial charge in [0.15, 0.2) is 5.69 Å². The first-order valence-corrected chi connectivity index (χ1v) is 6.28. The summed E-state index contributed by atoms with van der Waals surface area (Å²) < 4.78 is 6.15. The number of nitro benzene ring substituents is 2. The standard InChI is InChI=1S/C13H13N3O6/c1-13(2,3)11-7-12(17)14(22-11)9-5-4-8(15(18)19)6-10(9)16(20)21/h4-7H,1-3H3. The molecule has 0 saturated carbocycles. The summed E-state index contributed by atoms with van der Waals surface area (Å²) in [5.74, 6) is 0.352. The van der Waals surface area contributed by atoms with Gasteiger partial charge in [0.2, 0.25) is 0 Å². The normalized spacial score (nSPS) is 11.4. The molecule has 0 fully saturated rings. The van der Waals surface area contributed by atoms with Crippen molar-refractivity contribution in [2.75, 3.05) is 0 Å². The highest BCUT2D eigenvalue weighted by Gasteiger charge is 2.26. The molecular formula is C13H13N3O6. The molecule has 0 unspecified atom stereocenters. The summed E-state index contributed by atoms with van der Waals surface area (Å²) in [5.41, 5.74) is -2.21. The summed E-state index contributed by atoms with van der Waals surface area (Å²) in [5, 5.41) is 21.8. The van der Waals surface area contributed by atoms with E-state index >= 15 is 0 Å². The van der Waals surface area contributed by atoms with Gasteiger partial charge in [0.1, 0.15) is 5.76 Å². The van der Waals surface area contributed by atoms with E-state index in [4.69, 9.17) is 4.52 Å². The maximum Gasteiger partial charge on any atom is 0.303 e. The second kappa shape index (κ2) is 5.10. The first-order valence-electron chi connectivity index (χ1n) is 6.28. The quantitative estimate of drug-likeness (QED) is 0.634. The van der Waals surface area contributed by atoms with Crippen LogP contribution in [0.1, 0.15) is 26.5 Å². The molecule has 2 rings (SSSR count). The van der Waals surface area contributed by atoms with Crippen molar-refractivity contribution in [3.05, 3.63) is 60.6 Å². The van der Waals surface area contributed by atoms with Gasteiger partial charge in [-0.15, -0.1) is 4.74 Å². The average Bonchev–Trinajstić information content (AvgIpc) is 2.79. The molecule has 0 atom stereocenters. The van der Waals surface area contributed by atoms with Gasteiger partial charge < -0.3 is 4.52 Å². The lowest BCUT2D eigenvalue weighted by molar-refractivity contribution is -0.394. The van der Waals surface area contributed by atoms with Gasteiger partial charge in [-0.1, -0.05) is 20.8 Å². The van der Waals surface area contributed by atoms with Crippen LogP contribution in [0, 0.1) is 20.2 Å². The van der Waals surface area contributed by atoms with E-state index in [9.17, 15) is 25.0 Å². The minimum Gasteiger partial charge on any atom is -0.375 e. The van der Waals surface area contributed by atoms with Gasteiger partial charge in [-0.25, -0.2) is 0 Å². The molecule has 0 radical (unpaired) electrons. The van der Waals surface area contributed by atoms with E-state index in [2.05, 4.69) is 0 Å². The summed E-state index contributed by atoms with van der Waals surface area (Å²) in [6, 6.07) is 4.23. The Kier molecular flexibility index (Phi) is 3.57. The molecule has 1 heterocycles. The predicted molar refractivity (Wildman–Crippen MR) is 76.3 cm³/mol. The van der Waals surface area contributed by atoms with Crippen molar-refractivity contribution >= 4 is 11.4 Å². The van der Waals surface area contributed by atoms with Gasteiger partial charge in [-0.3, -0.25) is 25.0 Å². The Morgan fingerprint density at radius 1 is 1.09 bits per heavy atom. The van der Waals surface area contributed by atoms with Crippen LogP contribution in [0.4, 0.5) is 11.4 Å². The Morgan fingerprint density at radius 2 is 1.73 bits per heavy atom. The Hall–Kier alpha value is -2.97. The smallest absolute Gasteiger partial charge is 0.303 e. The number of rotatable bonds is 3. The topological polar surface area (TPSA) is 121 Å². The Balaban J connectivity index is 2.68. The van der Waals surface area contributed by atoms with E-state index in [0.717, 1.165) is 22.9 Å². The average molecular weight is 307 g/mol. The number of nitro groups is 2. The lowest BCUT2D eigenvalue weighted by Crippen LogP contribution is -2.12. The van der Waals surface area contributed by atoms with Crippen molar-refractivity contribution in [2.45, 2.75) is 26.2 Å². The summed E-state index contributed by atoms with van der Waals surface area (Å²) in [4.78, 5) is 32.3. The predicted octanol–water partition coefficient (Wildman–Crippen LogP) is 2.54. The third kappa shape index (κ3) is 2.73. The van der Waals surface area contributed by atoms with Crippen LogP contribution in [0.25, 0.3) is 5.69 Å². The van der Waals surface area contributed by atoms with E-state index in [0.29, 0.717) is 5.76 Å². The number of non-ortho nitro benzene ring substituents is 1. The Labute approximate surface area is 124 Å². The second-order valence-corrected chi connectivity index (χ2v) is 5.67. The molecule has 0 bridgehead atoms. The van der Waals surface area contributed by atoms with E-state index in [1.54, 1.807) is 0 Å². The number of benzene rings is 1. The highest BCUT2D eigenvalue weighted by Crippen LogP contribution is 2.28. The molecule has 0 saturated heterocycles. The molecule has 0 spiro atoms. The third-order valence-corrected chi connectivity index (χ3v) is 2.97. The highest BCUT2D eigenvalue weighted by molar-refractivity contribution is 5.57. The Morgan fingerprint density at radius 3 is 2.18 bits per heavy atom. The van der Waals surface area contributed by atoms with Crippen LogP contribution in [-0.4, -0.2) is 14.6 Å². The zero-order valence-corrected chi connectivity index (χ0v) is 12.1. The minimum atomic E-state index is -0.798. The fourth-order valence-corrected chi connectivity index (χ4v) is 1.81. The van der Waals surface area contributed by atoms with Crippen molar-refractivity contribution in [2.24, 2.45) is 0 Å². The van der Waals surface area contributed by atoms with Crippen LogP contribution in [0.2, 0.25) is 0 Å². The van der Waals surface area contributed by atoms with Crippen molar-refractivity contribution in [3.63, 3.8) is 0 Å². The van der Waals surface area contributed by atoms with Crippen LogP contribution in [0.5, 0.6) is 0 Å². The third-order valence-electron chi connectivity index (χ3n) is 2.97. The number of aromatic nitrogens is 1. The molecule has 0 aliphatic rings.